The summed E-state index contributed by atoms with van der Waals surface area (Å²) in [4.78, 5) is 28.2. The Morgan fingerprint density at radius 1 is 1.12 bits per heavy atom. The van der Waals surface area contributed by atoms with Crippen LogP contribution in [0.4, 0.5) is 41.2 Å². The van der Waals surface area contributed by atoms with Crippen LogP contribution in [0.5, 0.6) is 0 Å². The Kier molecular flexibility index (Phi) is 6.22. The van der Waals surface area contributed by atoms with Gasteiger partial charge in [0.05, 0.1) is 38.0 Å². The zero-order valence-electron chi connectivity index (χ0n) is 17.4. The van der Waals surface area contributed by atoms with E-state index in [9.17, 15) is 17.6 Å². The SMILES string of the molecule is C[C@@H](c1ncc(F)cn1)N(c1cn(CC(F)(F)F)cn1)c1nc(N)nc(N2CCOCC2)n1. The zero-order valence-corrected chi connectivity index (χ0v) is 17.4. The molecule has 0 aliphatic carbocycles. The van der Waals surface area contributed by atoms with Gasteiger partial charge in [-0.05, 0) is 6.92 Å². The lowest BCUT2D eigenvalue weighted by molar-refractivity contribution is -0.140. The molecule has 15 heteroatoms. The van der Waals surface area contributed by atoms with Crippen LogP contribution in [0, 0.1) is 5.82 Å². The lowest BCUT2D eigenvalue weighted by Crippen LogP contribution is -2.38. The molecule has 3 aromatic rings. The van der Waals surface area contributed by atoms with Gasteiger partial charge in [-0.15, -0.1) is 0 Å². The molecule has 3 aromatic heterocycles. The molecule has 4 heterocycles. The number of nitrogens with two attached hydrogens (primary N) is 1. The maximum absolute atomic E-state index is 13.3. The van der Waals surface area contributed by atoms with Crippen LogP contribution in [0.2, 0.25) is 0 Å². The van der Waals surface area contributed by atoms with Crippen LogP contribution >= 0.6 is 0 Å². The van der Waals surface area contributed by atoms with Gasteiger partial charge in [-0.25, -0.2) is 19.3 Å². The summed E-state index contributed by atoms with van der Waals surface area (Å²) >= 11 is 0. The van der Waals surface area contributed by atoms with Crippen LogP contribution in [0.1, 0.15) is 18.8 Å². The minimum absolute atomic E-state index is 0.0293. The average Bonchev–Trinajstić information content (AvgIpc) is 3.20. The van der Waals surface area contributed by atoms with E-state index in [1.165, 1.54) is 11.1 Å². The molecular weight excluding hydrogens is 448 g/mol. The normalized spacial score (nSPS) is 15.5. The lowest BCUT2D eigenvalue weighted by Gasteiger charge is -2.29. The number of imidazole rings is 1. The van der Waals surface area contributed by atoms with E-state index in [0.717, 1.165) is 23.3 Å². The number of aromatic nitrogens is 7. The molecule has 4 rings (SSSR count). The number of anilines is 4. The van der Waals surface area contributed by atoms with Gasteiger partial charge < -0.3 is 19.9 Å². The van der Waals surface area contributed by atoms with Crippen molar-refractivity contribution in [3.63, 3.8) is 0 Å². The molecule has 11 nitrogen and oxygen atoms in total. The number of halogens is 4. The Morgan fingerprint density at radius 3 is 2.48 bits per heavy atom. The maximum atomic E-state index is 13.3. The summed E-state index contributed by atoms with van der Waals surface area (Å²) in [5.41, 5.74) is 5.93. The first-order valence-corrected chi connectivity index (χ1v) is 9.89. The van der Waals surface area contributed by atoms with Crippen molar-refractivity contribution in [1.29, 1.82) is 0 Å². The van der Waals surface area contributed by atoms with Gasteiger partial charge in [0.15, 0.2) is 17.5 Å². The largest absolute Gasteiger partial charge is 0.406 e. The average molecular weight is 468 g/mol. The highest BCUT2D eigenvalue weighted by atomic mass is 19.4. The van der Waals surface area contributed by atoms with Gasteiger partial charge in [-0.3, -0.25) is 4.90 Å². The van der Waals surface area contributed by atoms with Gasteiger partial charge in [0.25, 0.3) is 0 Å². The van der Waals surface area contributed by atoms with E-state index in [1.807, 2.05) is 4.90 Å². The van der Waals surface area contributed by atoms with Gasteiger partial charge in [0, 0.05) is 19.3 Å². The number of nitrogens with zero attached hydrogens (tertiary/aromatic N) is 9. The van der Waals surface area contributed by atoms with E-state index in [1.54, 1.807) is 6.92 Å². The number of hydrogen-bond donors (Lipinski definition) is 1. The fourth-order valence-corrected chi connectivity index (χ4v) is 3.28. The Hall–Kier alpha value is -3.62. The van der Waals surface area contributed by atoms with Crippen LogP contribution in [-0.4, -0.2) is 67.0 Å². The molecule has 0 saturated carbocycles. The number of hydrogen-bond acceptors (Lipinski definition) is 10. The number of alkyl halides is 3. The summed E-state index contributed by atoms with van der Waals surface area (Å²) in [6.07, 6.45) is -0.223. The quantitative estimate of drug-likeness (QED) is 0.536. The third kappa shape index (κ3) is 5.42. The highest BCUT2D eigenvalue weighted by Gasteiger charge is 2.30. The van der Waals surface area contributed by atoms with E-state index >= 15 is 0 Å². The first-order valence-electron chi connectivity index (χ1n) is 9.89. The molecule has 1 fully saturated rings. The van der Waals surface area contributed by atoms with Crippen molar-refractivity contribution in [2.75, 3.05) is 41.8 Å². The second kappa shape index (κ2) is 9.09. The van der Waals surface area contributed by atoms with Gasteiger partial charge >= 0.3 is 6.18 Å². The van der Waals surface area contributed by atoms with E-state index in [4.69, 9.17) is 10.5 Å². The number of ether oxygens (including phenoxy) is 1. The summed E-state index contributed by atoms with van der Waals surface area (Å²) in [6, 6.07) is -0.737. The van der Waals surface area contributed by atoms with Crippen LogP contribution < -0.4 is 15.5 Å². The third-order valence-corrected chi connectivity index (χ3v) is 4.77. The fourth-order valence-electron chi connectivity index (χ4n) is 3.28. The second-order valence-electron chi connectivity index (χ2n) is 7.22. The molecule has 0 aromatic carbocycles. The topological polar surface area (TPSA) is 124 Å². The minimum atomic E-state index is -4.43. The summed E-state index contributed by atoms with van der Waals surface area (Å²) in [6.45, 7) is 2.44. The molecule has 0 spiro atoms. The highest BCUT2D eigenvalue weighted by Crippen LogP contribution is 2.32. The molecule has 1 atom stereocenters. The van der Waals surface area contributed by atoms with Gasteiger partial charge in [-0.2, -0.15) is 28.1 Å². The van der Waals surface area contributed by atoms with Crippen LogP contribution in [-0.2, 0) is 11.3 Å². The Morgan fingerprint density at radius 2 is 1.82 bits per heavy atom. The molecule has 0 radical (unpaired) electrons. The van der Waals surface area contributed by atoms with Gasteiger partial charge in [0.1, 0.15) is 6.54 Å². The Bertz CT molecular complexity index is 1080. The Labute approximate surface area is 185 Å². The molecule has 33 heavy (non-hydrogen) atoms. The smallest absolute Gasteiger partial charge is 0.378 e. The predicted octanol–water partition coefficient (Wildman–Crippen LogP) is 1.88. The van der Waals surface area contributed by atoms with Crippen LogP contribution in [0.15, 0.2) is 24.9 Å². The number of morpholine rings is 1. The first-order chi connectivity index (χ1) is 15.7. The molecule has 0 amide bonds. The molecular formula is C18H20F4N10O. The molecule has 0 unspecified atom stereocenters. The van der Waals surface area contributed by atoms with Crippen molar-refractivity contribution in [2.45, 2.75) is 25.7 Å². The predicted molar refractivity (Wildman–Crippen MR) is 108 cm³/mol. The third-order valence-electron chi connectivity index (χ3n) is 4.77. The van der Waals surface area contributed by atoms with Crippen molar-refractivity contribution < 1.29 is 22.3 Å². The molecule has 176 valence electrons. The van der Waals surface area contributed by atoms with Crippen molar-refractivity contribution >= 4 is 23.7 Å². The van der Waals surface area contributed by atoms with E-state index in [-0.39, 0.29) is 29.5 Å². The summed E-state index contributed by atoms with van der Waals surface area (Å²) in [5, 5.41) is 0. The van der Waals surface area contributed by atoms with Crippen molar-refractivity contribution in [3.05, 3.63) is 36.6 Å². The fraction of sp³-hybridized carbons (Fsp3) is 0.444. The van der Waals surface area contributed by atoms with E-state index in [2.05, 4.69) is 29.9 Å². The standard InChI is InChI=1S/C18H20F4N10O/c1-11(14-24-6-12(19)7-25-14)32(13-8-30(10-26-13)9-18(20,21)22)17-28-15(23)27-16(29-17)31-2-4-33-5-3-31/h6-8,10-11H,2-5,9H2,1H3,(H2,23,27,28,29)/t11-/m0/s1. The minimum Gasteiger partial charge on any atom is -0.378 e. The van der Waals surface area contributed by atoms with Gasteiger partial charge in [0.2, 0.25) is 17.8 Å². The lowest BCUT2D eigenvalue weighted by atomic mass is 10.2. The van der Waals surface area contributed by atoms with Crippen molar-refractivity contribution in [2.24, 2.45) is 0 Å². The molecule has 2 N–H and O–H groups in total. The van der Waals surface area contributed by atoms with Gasteiger partial charge in [-0.1, -0.05) is 0 Å². The molecule has 1 aliphatic rings. The van der Waals surface area contributed by atoms with Crippen LogP contribution in [0.25, 0.3) is 0 Å². The maximum Gasteiger partial charge on any atom is 0.406 e. The Balaban J connectivity index is 1.76. The second-order valence-corrected chi connectivity index (χ2v) is 7.22. The summed E-state index contributed by atoms with van der Waals surface area (Å²) < 4.78 is 58.2. The van der Waals surface area contributed by atoms with E-state index < -0.39 is 24.6 Å². The summed E-state index contributed by atoms with van der Waals surface area (Å²) in [7, 11) is 0. The zero-order chi connectivity index (χ0) is 23.6. The monoisotopic (exact) mass is 468 g/mol. The molecule has 0 bridgehead atoms. The van der Waals surface area contributed by atoms with Crippen LogP contribution in [0.3, 0.4) is 0 Å². The van der Waals surface area contributed by atoms with Crippen molar-refractivity contribution in [1.82, 2.24) is 34.5 Å². The molecule has 1 saturated heterocycles. The summed E-state index contributed by atoms with van der Waals surface area (Å²) in [5.74, 6) is -0.138. The first kappa shape index (κ1) is 22.6. The van der Waals surface area contributed by atoms with Crippen molar-refractivity contribution in [3.8, 4) is 0 Å². The molecule has 1 aliphatic heterocycles. The number of nitrogen functional groups attached to an aromatic ring is 1. The van der Waals surface area contributed by atoms with E-state index in [0.29, 0.717) is 26.3 Å². The number of rotatable bonds is 6. The highest BCUT2D eigenvalue weighted by molar-refractivity contribution is 5.56.